The van der Waals surface area contributed by atoms with E-state index in [4.69, 9.17) is 0 Å². The summed E-state index contributed by atoms with van der Waals surface area (Å²) in [5.74, 6) is 2.76. The summed E-state index contributed by atoms with van der Waals surface area (Å²) in [5, 5.41) is 0. The van der Waals surface area contributed by atoms with Crippen LogP contribution in [0.4, 0.5) is 0 Å². The molecule has 2 atom stereocenters. The van der Waals surface area contributed by atoms with Crippen molar-refractivity contribution in [3.8, 4) is 0 Å². The van der Waals surface area contributed by atoms with Crippen LogP contribution in [-0.4, -0.2) is 0 Å². The molecule has 0 heterocycles. The van der Waals surface area contributed by atoms with E-state index in [9.17, 15) is 0 Å². The molecule has 0 amide bonds. The van der Waals surface area contributed by atoms with Crippen LogP contribution in [0.3, 0.4) is 0 Å². The van der Waals surface area contributed by atoms with Crippen molar-refractivity contribution in [2.24, 2.45) is 17.8 Å². The molecule has 0 spiro atoms. The molecule has 0 aliphatic rings. The molecule has 0 radical (unpaired) electrons. The zero-order chi connectivity index (χ0) is 15.4. The quantitative estimate of drug-likeness (QED) is 0.327. The molecule has 0 aromatic heterocycles. The summed E-state index contributed by atoms with van der Waals surface area (Å²) in [6.07, 6.45) is 14.9. The Balaban J connectivity index is 3.67. The van der Waals surface area contributed by atoms with Crippen molar-refractivity contribution in [1.29, 1.82) is 0 Å². The zero-order valence-electron chi connectivity index (χ0n) is 15.2. The van der Waals surface area contributed by atoms with E-state index >= 15 is 0 Å². The molecule has 0 heteroatoms. The third-order valence-electron chi connectivity index (χ3n) is 4.80. The van der Waals surface area contributed by atoms with Crippen molar-refractivity contribution in [2.45, 2.75) is 99.3 Å². The normalized spacial score (nSPS) is 15.7. The Bertz CT molecular complexity index is 236. The fourth-order valence-electron chi connectivity index (χ4n) is 2.90. The third-order valence-corrected chi connectivity index (χ3v) is 4.80. The summed E-state index contributed by atoms with van der Waals surface area (Å²) in [7, 11) is 0. The maximum atomic E-state index is 2.45. The highest BCUT2D eigenvalue weighted by Gasteiger charge is 2.08. The van der Waals surface area contributed by atoms with E-state index in [0.717, 1.165) is 17.8 Å². The van der Waals surface area contributed by atoms with Gasteiger partial charge in [0.1, 0.15) is 0 Å². The van der Waals surface area contributed by atoms with Crippen LogP contribution in [0.2, 0.25) is 0 Å². The van der Waals surface area contributed by atoms with Crippen molar-refractivity contribution >= 4 is 0 Å². The van der Waals surface area contributed by atoms with E-state index in [1.165, 1.54) is 57.8 Å². The molecule has 0 N–H and O–H groups in total. The van der Waals surface area contributed by atoms with Gasteiger partial charge in [-0.1, -0.05) is 84.3 Å². The Morgan fingerprint density at radius 2 is 1.50 bits per heavy atom. The van der Waals surface area contributed by atoms with Crippen LogP contribution in [0.1, 0.15) is 99.3 Å². The van der Waals surface area contributed by atoms with Gasteiger partial charge in [0.15, 0.2) is 0 Å². The van der Waals surface area contributed by atoms with Gasteiger partial charge < -0.3 is 0 Å². The maximum Gasteiger partial charge on any atom is -0.0321 e. The summed E-state index contributed by atoms with van der Waals surface area (Å²) in [4.78, 5) is 0. The second-order valence-electron chi connectivity index (χ2n) is 7.31. The largest absolute Gasteiger partial charge is 0.0887 e. The summed E-state index contributed by atoms with van der Waals surface area (Å²) in [6, 6.07) is 0. The molecular formula is C20H40. The standard InChI is InChI=1S/C20H40/c1-7-18(5)15-16-20(8-2)14-10-13-19(6)12-9-11-17(3)4/h7,17,19-20H,8-16H2,1-6H3/b18-7+. The minimum absolute atomic E-state index is 0.876. The molecule has 0 nitrogen and oxygen atoms in total. The number of rotatable bonds is 12. The highest BCUT2D eigenvalue weighted by molar-refractivity contribution is 4.95. The van der Waals surface area contributed by atoms with Crippen molar-refractivity contribution in [3.05, 3.63) is 11.6 Å². The SMILES string of the molecule is C/C=C(\C)CCC(CC)CCCC(C)CCCC(C)C. The van der Waals surface area contributed by atoms with E-state index in [1.807, 2.05) is 0 Å². The average Bonchev–Trinajstić information content (AvgIpc) is 2.41. The van der Waals surface area contributed by atoms with Gasteiger partial charge in [0.25, 0.3) is 0 Å². The Morgan fingerprint density at radius 1 is 0.900 bits per heavy atom. The summed E-state index contributed by atoms with van der Waals surface area (Å²) >= 11 is 0. The molecule has 0 aromatic carbocycles. The van der Waals surface area contributed by atoms with Crippen LogP contribution in [0, 0.1) is 17.8 Å². The predicted octanol–water partition coefficient (Wildman–Crippen LogP) is 7.39. The fourth-order valence-corrected chi connectivity index (χ4v) is 2.90. The van der Waals surface area contributed by atoms with Crippen molar-refractivity contribution in [3.63, 3.8) is 0 Å². The van der Waals surface area contributed by atoms with Crippen molar-refractivity contribution in [2.75, 3.05) is 0 Å². The molecule has 0 saturated carbocycles. The van der Waals surface area contributed by atoms with E-state index in [-0.39, 0.29) is 0 Å². The van der Waals surface area contributed by atoms with Crippen molar-refractivity contribution < 1.29 is 0 Å². The molecule has 0 bridgehead atoms. The summed E-state index contributed by atoms with van der Waals surface area (Å²) in [6.45, 7) is 13.9. The lowest BCUT2D eigenvalue weighted by atomic mass is 9.89. The minimum Gasteiger partial charge on any atom is -0.0887 e. The van der Waals surface area contributed by atoms with Crippen LogP contribution in [0.25, 0.3) is 0 Å². The highest BCUT2D eigenvalue weighted by atomic mass is 14.1. The fraction of sp³-hybridized carbons (Fsp3) is 0.900. The lowest BCUT2D eigenvalue weighted by Gasteiger charge is -2.17. The van der Waals surface area contributed by atoms with Crippen LogP contribution in [0.5, 0.6) is 0 Å². The van der Waals surface area contributed by atoms with Gasteiger partial charge in [-0.15, -0.1) is 0 Å². The third kappa shape index (κ3) is 11.6. The minimum atomic E-state index is 0.876. The molecule has 0 aliphatic heterocycles. The lowest BCUT2D eigenvalue weighted by Crippen LogP contribution is -2.02. The monoisotopic (exact) mass is 280 g/mol. The molecule has 0 fully saturated rings. The van der Waals surface area contributed by atoms with Gasteiger partial charge >= 0.3 is 0 Å². The first-order valence-electron chi connectivity index (χ1n) is 9.11. The lowest BCUT2D eigenvalue weighted by molar-refractivity contribution is 0.373. The Kier molecular flexibility index (Phi) is 12.3. The van der Waals surface area contributed by atoms with Crippen molar-refractivity contribution in [1.82, 2.24) is 0 Å². The topological polar surface area (TPSA) is 0 Å². The van der Waals surface area contributed by atoms with Gasteiger partial charge in [0, 0.05) is 0 Å². The second kappa shape index (κ2) is 12.5. The number of hydrogen-bond donors (Lipinski definition) is 0. The molecule has 0 aliphatic carbocycles. The Morgan fingerprint density at radius 3 is 2.00 bits per heavy atom. The maximum absolute atomic E-state index is 2.45. The summed E-state index contributed by atoms with van der Waals surface area (Å²) < 4.78 is 0. The highest BCUT2D eigenvalue weighted by Crippen LogP contribution is 2.24. The van der Waals surface area contributed by atoms with Gasteiger partial charge in [0.2, 0.25) is 0 Å². The van der Waals surface area contributed by atoms with Gasteiger partial charge in [-0.05, 0) is 44.4 Å². The molecular weight excluding hydrogens is 240 g/mol. The first-order valence-corrected chi connectivity index (χ1v) is 9.11. The van der Waals surface area contributed by atoms with Gasteiger partial charge in [-0.25, -0.2) is 0 Å². The first kappa shape index (κ1) is 19.7. The van der Waals surface area contributed by atoms with Gasteiger partial charge in [-0.2, -0.15) is 0 Å². The molecule has 20 heavy (non-hydrogen) atoms. The molecule has 0 rings (SSSR count). The first-order chi connectivity index (χ1) is 9.49. The van der Waals surface area contributed by atoms with E-state index < -0.39 is 0 Å². The average molecular weight is 281 g/mol. The van der Waals surface area contributed by atoms with Gasteiger partial charge in [-0.3, -0.25) is 0 Å². The van der Waals surface area contributed by atoms with E-state index in [2.05, 4.69) is 47.6 Å². The zero-order valence-corrected chi connectivity index (χ0v) is 15.2. The van der Waals surface area contributed by atoms with E-state index in [1.54, 1.807) is 5.57 Å². The molecule has 2 unspecified atom stereocenters. The van der Waals surface area contributed by atoms with Gasteiger partial charge in [0.05, 0.1) is 0 Å². The van der Waals surface area contributed by atoms with Crippen LogP contribution in [0.15, 0.2) is 11.6 Å². The van der Waals surface area contributed by atoms with E-state index in [0.29, 0.717) is 0 Å². The summed E-state index contributed by atoms with van der Waals surface area (Å²) in [5.41, 5.74) is 1.56. The number of hydrogen-bond acceptors (Lipinski definition) is 0. The molecule has 0 aromatic rings. The van der Waals surface area contributed by atoms with Crippen LogP contribution < -0.4 is 0 Å². The van der Waals surface area contributed by atoms with Crippen LogP contribution in [-0.2, 0) is 0 Å². The van der Waals surface area contributed by atoms with Crippen LogP contribution >= 0.6 is 0 Å². The predicted molar refractivity (Wildman–Crippen MR) is 94.2 cm³/mol. The number of allylic oxidation sites excluding steroid dienone is 2. The molecule has 0 saturated heterocycles. The molecule has 120 valence electrons. The second-order valence-corrected chi connectivity index (χ2v) is 7.31. The Labute approximate surface area is 129 Å². The Hall–Kier alpha value is -0.260. The smallest absolute Gasteiger partial charge is 0.0321 e.